The third kappa shape index (κ3) is 2.27. The molecule has 5 unspecified atom stereocenters. The second-order valence-electron chi connectivity index (χ2n) is 5.67. The van der Waals surface area contributed by atoms with E-state index in [2.05, 4.69) is 20.8 Å². The van der Waals surface area contributed by atoms with Gasteiger partial charge in [0.15, 0.2) is 0 Å². The van der Waals surface area contributed by atoms with Gasteiger partial charge in [0.1, 0.15) is 0 Å². The number of rotatable bonds is 5. The number of hydrogen-bond acceptors (Lipinski definition) is 0. The van der Waals surface area contributed by atoms with E-state index in [1.54, 1.807) is 12.8 Å². The molecule has 2 aliphatic carbocycles. The molecule has 2 saturated carbocycles. The molecule has 0 nitrogen and oxygen atoms in total. The van der Waals surface area contributed by atoms with Crippen LogP contribution in [0.3, 0.4) is 0 Å². The summed E-state index contributed by atoms with van der Waals surface area (Å²) in [6.45, 7) is 7.18. The van der Waals surface area contributed by atoms with Crippen molar-refractivity contribution in [3.05, 3.63) is 0 Å². The van der Waals surface area contributed by atoms with Crippen LogP contribution in [0.15, 0.2) is 0 Å². The van der Waals surface area contributed by atoms with Crippen molar-refractivity contribution in [1.82, 2.24) is 0 Å². The monoisotopic (exact) mass is 180 g/mol. The van der Waals surface area contributed by atoms with E-state index >= 15 is 0 Å². The zero-order chi connectivity index (χ0) is 9.42. The summed E-state index contributed by atoms with van der Waals surface area (Å²) in [5.74, 6) is 5.52. The predicted octanol–water partition coefficient (Wildman–Crippen LogP) is 4.10. The zero-order valence-corrected chi connectivity index (χ0v) is 9.42. The summed E-state index contributed by atoms with van der Waals surface area (Å²) in [5, 5.41) is 0. The Morgan fingerprint density at radius 3 is 2.46 bits per heavy atom. The molecule has 0 aliphatic heterocycles. The molecule has 0 aromatic carbocycles. The van der Waals surface area contributed by atoms with Crippen LogP contribution in [-0.2, 0) is 0 Å². The maximum absolute atomic E-state index is 2.44. The average Bonchev–Trinajstić information content (AvgIpc) is 2.90. The molecule has 0 N–H and O–H groups in total. The molecule has 0 aromatic heterocycles. The van der Waals surface area contributed by atoms with Crippen LogP contribution < -0.4 is 0 Å². The van der Waals surface area contributed by atoms with Crippen molar-refractivity contribution in [1.29, 1.82) is 0 Å². The van der Waals surface area contributed by atoms with E-state index in [0.29, 0.717) is 0 Å². The van der Waals surface area contributed by atoms with Gasteiger partial charge in [-0.2, -0.15) is 0 Å². The molecule has 2 rings (SSSR count). The fraction of sp³-hybridized carbons (Fsp3) is 1.00. The van der Waals surface area contributed by atoms with Gasteiger partial charge in [0, 0.05) is 0 Å². The third-order valence-electron chi connectivity index (χ3n) is 4.19. The minimum absolute atomic E-state index is 0.994. The molecule has 5 atom stereocenters. The molecule has 0 heteroatoms. The Morgan fingerprint density at radius 2 is 1.92 bits per heavy atom. The molecule has 0 bridgehead atoms. The predicted molar refractivity (Wildman–Crippen MR) is 57.6 cm³/mol. The zero-order valence-electron chi connectivity index (χ0n) is 9.42. The van der Waals surface area contributed by atoms with Gasteiger partial charge in [-0.25, -0.2) is 0 Å². The van der Waals surface area contributed by atoms with Crippen molar-refractivity contribution in [3.8, 4) is 0 Å². The third-order valence-corrected chi connectivity index (χ3v) is 4.19. The van der Waals surface area contributed by atoms with Gasteiger partial charge < -0.3 is 0 Å². The van der Waals surface area contributed by atoms with E-state index in [9.17, 15) is 0 Å². The smallest absolute Gasteiger partial charge is 0.0352 e. The highest BCUT2D eigenvalue weighted by atomic mass is 14.6. The molecule has 0 radical (unpaired) electrons. The second-order valence-corrected chi connectivity index (χ2v) is 5.67. The van der Waals surface area contributed by atoms with Crippen LogP contribution in [-0.4, -0.2) is 0 Å². The Balaban J connectivity index is 1.63. The van der Waals surface area contributed by atoms with Gasteiger partial charge in [-0.15, -0.1) is 0 Å². The van der Waals surface area contributed by atoms with Crippen LogP contribution in [0.5, 0.6) is 0 Å². The first kappa shape index (κ1) is 9.55. The molecule has 0 heterocycles. The first-order valence-corrected chi connectivity index (χ1v) is 6.22. The lowest BCUT2D eigenvalue weighted by Crippen LogP contribution is -1.97. The van der Waals surface area contributed by atoms with Crippen molar-refractivity contribution >= 4 is 0 Å². The molecular formula is C13H24. The molecule has 2 fully saturated rings. The summed E-state index contributed by atoms with van der Waals surface area (Å²) in [6, 6.07) is 0. The summed E-state index contributed by atoms with van der Waals surface area (Å²) >= 11 is 0. The molecule has 0 saturated heterocycles. The van der Waals surface area contributed by atoms with Crippen LogP contribution in [0, 0.1) is 29.6 Å². The van der Waals surface area contributed by atoms with E-state index in [1.807, 2.05) is 0 Å². The van der Waals surface area contributed by atoms with Crippen molar-refractivity contribution in [2.45, 2.75) is 52.9 Å². The highest BCUT2D eigenvalue weighted by molar-refractivity contribution is 5.00. The normalized spacial score (nSPS) is 44.5. The van der Waals surface area contributed by atoms with Gasteiger partial charge in [0.05, 0.1) is 0 Å². The topological polar surface area (TPSA) is 0 Å². The maximum atomic E-state index is 2.44. The first-order valence-electron chi connectivity index (χ1n) is 6.22. The van der Waals surface area contributed by atoms with E-state index in [4.69, 9.17) is 0 Å². The van der Waals surface area contributed by atoms with Gasteiger partial charge in [-0.3, -0.25) is 0 Å². The minimum Gasteiger partial charge on any atom is -0.0654 e. The highest BCUT2D eigenvalue weighted by Gasteiger charge is 2.51. The van der Waals surface area contributed by atoms with E-state index in [0.717, 1.165) is 29.6 Å². The summed E-state index contributed by atoms with van der Waals surface area (Å²) < 4.78 is 0. The van der Waals surface area contributed by atoms with Crippen LogP contribution in [0.2, 0.25) is 0 Å². The van der Waals surface area contributed by atoms with Gasteiger partial charge in [0.25, 0.3) is 0 Å². The average molecular weight is 180 g/mol. The molecule has 76 valence electrons. The van der Waals surface area contributed by atoms with Crippen LogP contribution in [0.4, 0.5) is 0 Å². The quantitative estimate of drug-likeness (QED) is 0.597. The summed E-state index contributed by atoms with van der Waals surface area (Å²) in [5.41, 5.74) is 0. The van der Waals surface area contributed by atoms with Crippen molar-refractivity contribution in [3.63, 3.8) is 0 Å². The highest BCUT2D eigenvalue weighted by Crippen LogP contribution is 2.59. The lowest BCUT2D eigenvalue weighted by molar-refractivity contribution is 0.431. The summed E-state index contributed by atoms with van der Waals surface area (Å²) in [7, 11) is 0. The van der Waals surface area contributed by atoms with Crippen LogP contribution >= 0.6 is 0 Å². The van der Waals surface area contributed by atoms with E-state index < -0.39 is 0 Å². The molecular weight excluding hydrogens is 156 g/mol. The standard InChI is InChI=1S/C13H24/c1-4-5-9(2)6-11-8-13(11)12-7-10(12)3/h9-13H,4-8H2,1-3H3. The molecule has 0 aromatic rings. The first-order chi connectivity index (χ1) is 6.22. The lowest BCUT2D eigenvalue weighted by atomic mass is 9.98. The molecule has 0 spiro atoms. The van der Waals surface area contributed by atoms with Crippen molar-refractivity contribution < 1.29 is 0 Å². The molecule has 2 aliphatic rings. The van der Waals surface area contributed by atoms with Crippen LogP contribution in [0.25, 0.3) is 0 Å². The van der Waals surface area contributed by atoms with Gasteiger partial charge in [0.2, 0.25) is 0 Å². The maximum Gasteiger partial charge on any atom is -0.0352 e. The Hall–Kier alpha value is 0. The van der Waals surface area contributed by atoms with Crippen LogP contribution in [0.1, 0.15) is 52.9 Å². The minimum atomic E-state index is 0.994. The SMILES string of the molecule is CCCC(C)CC1CC1C1CC1C. The molecule has 0 amide bonds. The van der Waals surface area contributed by atoms with E-state index in [-0.39, 0.29) is 0 Å². The lowest BCUT2D eigenvalue weighted by Gasteiger charge is -2.08. The summed E-state index contributed by atoms with van der Waals surface area (Å²) in [6.07, 6.45) is 7.47. The Kier molecular flexibility index (Phi) is 2.67. The Morgan fingerprint density at radius 1 is 1.23 bits per heavy atom. The van der Waals surface area contributed by atoms with Crippen molar-refractivity contribution in [2.24, 2.45) is 29.6 Å². The molecule has 13 heavy (non-hydrogen) atoms. The second kappa shape index (κ2) is 3.63. The fourth-order valence-corrected chi connectivity index (χ4v) is 3.14. The Bertz CT molecular complexity index is 173. The van der Waals surface area contributed by atoms with E-state index in [1.165, 1.54) is 19.3 Å². The summed E-state index contributed by atoms with van der Waals surface area (Å²) in [4.78, 5) is 0. The van der Waals surface area contributed by atoms with Gasteiger partial charge in [-0.1, -0.05) is 33.6 Å². The van der Waals surface area contributed by atoms with Crippen molar-refractivity contribution in [2.75, 3.05) is 0 Å². The van der Waals surface area contributed by atoms with Gasteiger partial charge in [-0.05, 0) is 48.9 Å². The number of hydrogen-bond donors (Lipinski definition) is 0. The fourth-order valence-electron chi connectivity index (χ4n) is 3.14. The Labute approximate surface area is 83.1 Å². The largest absolute Gasteiger partial charge is 0.0654 e. The van der Waals surface area contributed by atoms with Gasteiger partial charge >= 0.3 is 0 Å².